The lowest BCUT2D eigenvalue weighted by molar-refractivity contribution is 0.0910. The highest BCUT2D eigenvalue weighted by molar-refractivity contribution is 6.34. The van der Waals surface area contributed by atoms with Crippen molar-refractivity contribution in [1.29, 1.82) is 0 Å². The maximum Gasteiger partial charge on any atom is 0.291 e. The molecule has 0 atom stereocenters. The van der Waals surface area contributed by atoms with Crippen molar-refractivity contribution in [3.05, 3.63) is 58.6 Å². The first-order valence-corrected chi connectivity index (χ1v) is 11.2. The van der Waals surface area contributed by atoms with Gasteiger partial charge in [-0.15, -0.1) is 0 Å². The van der Waals surface area contributed by atoms with Gasteiger partial charge in [0, 0.05) is 38.9 Å². The van der Waals surface area contributed by atoms with Gasteiger partial charge in [0.05, 0.1) is 28.0 Å². The Bertz CT molecular complexity index is 1310. The summed E-state index contributed by atoms with van der Waals surface area (Å²) in [5.41, 5.74) is 6.39. The second kappa shape index (κ2) is 9.59. The van der Waals surface area contributed by atoms with Crippen LogP contribution in [0.4, 0.5) is 20.3 Å². The first-order valence-electron chi connectivity index (χ1n) is 10.8. The highest BCUT2D eigenvalue weighted by Crippen LogP contribution is 2.28. The van der Waals surface area contributed by atoms with Crippen molar-refractivity contribution in [2.24, 2.45) is 12.8 Å². The molecule has 4 N–H and O–H groups in total. The lowest BCUT2D eigenvalue weighted by Gasteiger charge is -2.33. The summed E-state index contributed by atoms with van der Waals surface area (Å²) in [7, 11) is 4.60. The summed E-state index contributed by atoms with van der Waals surface area (Å²) in [6, 6.07) is 5.63. The van der Waals surface area contributed by atoms with E-state index in [-0.39, 0.29) is 51.5 Å². The number of halogens is 3. The van der Waals surface area contributed by atoms with Crippen molar-refractivity contribution < 1.29 is 18.4 Å². The Morgan fingerprint density at radius 2 is 1.91 bits per heavy atom. The average molecular weight is 504 g/mol. The number of pyridine rings is 1. The molecule has 9 nitrogen and oxygen atoms in total. The normalized spacial score (nSPS) is 17.0. The van der Waals surface area contributed by atoms with E-state index in [1.165, 1.54) is 40.9 Å². The molecule has 1 fully saturated rings. The lowest BCUT2D eigenvalue weighted by atomic mass is 9.87. The molecule has 2 aromatic heterocycles. The molecule has 0 unspecified atom stereocenters. The second-order valence-corrected chi connectivity index (χ2v) is 9.01. The van der Waals surface area contributed by atoms with E-state index in [0.29, 0.717) is 5.69 Å². The van der Waals surface area contributed by atoms with E-state index in [1.54, 1.807) is 14.1 Å². The summed E-state index contributed by atoms with van der Waals surface area (Å²) >= 11 is 6.26. The van der Waals surface area contributed by atoms with Gasteiger partial charge >= 0.3 is 0 Å². The topological polar surface area (TPSA) is 118 Å². The molecule has 35 heavy (non-hydrogen) atoms. The van der Waals surface area contributed by atoms with Crippen LogP contribution >= 0.6 is 11.6 Å². The van der Waals surface area contributed by atoms with Crippen LogP contribution in [0, 0.1) is 11.8 Å². The molecular formula is C23H24ClF2N7O2. The van der Waals surface area contributed by atoms with Gasteiger partial charge in [-0.05, 0) is 37.1 Å². The summed E-state index contributed by atoms with van der Waals surface area (Å²) in [5.74, 6) is -2.71. The quantitative estimate of drug-likeness (QED) is 0.445. The molecule has 0 spiro atoms. The van der Waals surface area contributed by atoms with Crippen LogP contribution in [0.1, 0.15) is 33.8 Å². The molecule has 1 saturated carbocycles. The number of imidazole rings is 1. The first-order chi connectivity index (χ1) is 16.5. The van der Waals surface area contributed by atoms with Gasteiger partial charge in [-0.25, -0.2) is 9.37 Å². The summed E-state index contributed by atoms with van der Waals surface area (Å²) < 4.78 is 30.3. The molecule has 184 valence electrons. The lowest BCUT2D eigenvalue weighted by Crippen LogP contribution is -2.50. The van der Waals surface area contributed by atoms with E-state index < -0.39 is 17.7 Å². The number of nitrogens with one attached hydrogen (secondary N) is 2. The number of nitrogens with zero attached hydrogens (tertiary/aromatic N) is 4. The third-order valence-corrected chi connectivity index (χ3v) is 6.10. The van der Waals surface area contributed by atoms with E-state index in [2.05, 4.69) is 20.6 Å². The molecule has 2 amide bonds. The molecule has 1 aliphatic carbocycles. The Hall–Kier alpha value is -3.57. The Kier molecular flexibility index (Phi) is 6.73. The van der Waals surface area contributed by atoms with Crippen LogP contribution in [0.5, 0.6) is 0 Å². The van der Waals surface area contributed by atoms with E-state index in [0.717, 1.165) is 18.9 Å². The largest absolute Gasteiger partial charge is 0.360 e. The number of hydrogen-bond acceptors (Lipinski definition) is 6. The van der Waals surface area contributed by atoms with Crippen molar-refractivity contribution >= 4 is 34.9 Å². The number of rotatable bonds is 6. The van der Waals surface area contributed by atoms with Crippen LogP contribution in [0.25, 0.3) is 11.3 Å². The van der Waals surface area contributed by atoms with Gasteiger partial charge in [-0.2, -0.15) is 9.37 Å². The number of amides is 2. The fourth-order valence-electron chi connectivity index (χ4n) is 3.83. The molecule has 1 aromatic carbocycles. The summed E-state index contributed by atoms with van der Waals surface area (Å²) in [6.45, 7) is 0. The maximum atomic E-state index is 14.6. The van der Waals surface area contributed by atoms with E-state index in [9.17, 15) is 18.4 Å². The fourth-order valence-corrected chi connectivity index (χ4v) is 4.09. The Morgan fingerprint density at radius 3 is 2.54 bits per heavy atom. The molecule has 0 radical (unpaired) electrons. The van der Waals surface area contributed by atoms with Gasteiger partial charge in [0.2, 0.25) is 5.95 Å². The van der Waals surface area contributed by atoms with Crippen LogP contribution < -0.4 is 21.3 Å². The van der Waals surface area contributed by atoms with Crippen molar-refractivity contribution in [3.63, 3.8) is 0 Å². The minimum absolute atomic E-state index is 0.0261. The van der Waals surface area contributed by atoms with Crippen molar-refractivity contribution in [1.82, 2.24) is 19.9 Å². The van der Waals surface area contributed by atoms with Gasteiger partial charge in [-0.1, -0.05) is 11.6 Å². The summed E-state index contributed by atoms with van der Waals surface area (Å²) in [5, 5.41) is 5.67. The number of anilines is 2. The molecule has 0 bridgehead atoms. The van der Waals surface area contributed by atoms with Crippen molar-refractivity contribution in [2.45, 2.75) is 24.9 Å². The smallest absolute Gasteiger partial charge is 0.291 e. The summed E-state index contributed by atoms with van der Waals surface area (Å²) in [6.07, 6.45) is 2.70. The number of aromatic nitrogens is 3. The van der Waals surface area contributed by atoms with Crippen LogP contribution in [0.3, 0.4) is 0 Å². The van der Waals surface area contributed by atoms with Gasteiger partial charge in [0.25, 0.3) is 11.8 Å². The average Bonchev–Trinajstić information content (AvgIpc) is 3.15. The predicted octanol–water partition coefficient (Wildman–Crippen LogP) is 2.95. The highest BCUT2D eigenvalue weighted by Gasteiger charge is 2.28. The van der Waals surface area contributed by atoms with E-state index in [1.807, 2.05) is 0 Å². The van der Waals surface area contributed by atoms with E-state index >= 15 is 0 Å². The van der Waals surface area contributed by atoms with Crippen LogP contribution in [-0.2, 0) is 7.05 Å². The second-order valence-electron chi connectivity index (χ2n) is 8.60. The van der Waals surface area contributed by atoms with Gasteiger partial charge < -0.3 is 25.8 Å². The molecular weight excluding hydrogens is 480 g/mol. The molecule has 2 heterocycles. The summed E-state index contributed by atoms with van der Waals surface area (Å²) in [4.78, 5) is 34.3. The van der Waals surface area contributed by atoms with Crippen LogP contribution in [-0.4, -0.2) is 52.5 Å². The Morgan fingerprint density at radius 1 is 1.20 bits per heavy atom. The van der Waals surface area contributed by atoms with Crippen molar-refractivity contribution in [2.75, 3.05) is 24.3 Å². The highest BCUT2D eigenvalue weighted by atomic mass is 35.5. The van der Waals surface area contributed by atoms with Gasteiger partial charge in [0.1, 0.15) is 0 Å². The minimum Gasteiger partial charge on any atom is -0.360 e. The Balaban J connectivity index is 1.50. The Labute approximate surface area is 205 Å². The molecule has 4 rings (SSSR count). The zero-order chi connectivity index (χ0) is 25.4. The molecule has 3 aromatic rings. The maximum absolute atomic E-state index is 14.6. The molecule has 12 heteroatoms. The standard InChI is InChI=1S/C23H24ClF2N7O2/c1-32(2)20-17(25)9-15(19(26)31-20)18-10-28-21(33(18)3)23(35)29-12-4-5-14(16(24)8-12)22(34)30-13-6-11(27)7-13/h4-5,8-11,13H,6-7,27H2,1-3H3,(H,29,35)(H,30,34). The van der Waals surface area contributed by atoms with Crippen LogP contribution in [0.2, 0.25) is 5.02 Å². The third-order valence-electron chi connectivity index (χ3n) is 5.78. The van der Waals surface area contributed by atoms with E-state index in [4.69, 9.17) is 17.3 Å². The number of nitrogens with two attached hydrogens (primary N) is 1. The number of carbonyl (C=O) groups excluding carboxylic acids is 2. The molecule has 0 saturated heterocycles. The number of carbonyl (C=O) groups is 2. The number of hydrogen-bond donors (Lipinski definition) is 3. The fraction of sp³-hybridized carbons (Fsp3) is 0.304. The monoisotopic (exact) mass is 503 g/mol. The zero-order valence-electron chi connectivity index (χ0n) is 19.3. The third kappa shape index (κ3) is 4.96. The molecule has 1 aliphatic rings. The SMILES string of the molecule is CN(C)c1nc(F)c(-c2cnc(C(=O)Nc3ccc(C(=O)NC4CC(N)C4)c(Cl)c3)n2C)cc1F. The van der Waals surface area contributed by atoms with Gasteiger partial charge in [-0.3, -0.25) is 9.59 Å². The minimum atomic E-state index is -0.894. The first kappa shape index (κ1) is 24.6. The zero-order valence-corrected chi connectivity index (χ0v) is 20.0. The predicted molar refractivity (Wildman–Crippen MR) is 129 cm³/mol. The molecule has 0 aliphatic heterocycles. The van der Waals surface area contributed by atoms with Crippen LogP contribution in [0.15, 0.2) is 30.5 Å². The van der Waals surface area contributed by atoms with Crippen molar-refractivity contribution in [3.8, 4) is 11.3 Å². The van der Waals surface area contributed by atoms with Gasteiger partial charge in [0.15, 0.2) is 17.5 Å². The number of benzene rings is 1.